The van der Waals surface area contributed by atoms with Crippen LogP contribution in [0.15, 0.2) is 18.3 Å². The first-order chi connectivity index (χ1) is 7.56. The molecule has 0 N–H and O–H groups in total. The Morgan fingerprint density at radius 2 is 2.00 bits per heavy atom. The third kappa shape index (κ3) is 3.38. The second kappa shape index (κ2) is 6.09. The van der Waals surface area contributed by atoms with Crippen LogP contribution in [0.3, 0.4) is 0 Å². The van der Waals surface area contributed by atoms with Gasteiger partial charge in [-0.2, -0.15) is 0 Å². The van der Waals surface area contributed by atoms with Crippen molar-refractivity contribution in [3.63, 3.8) is 0 Å². The first-order valence-electron chi connectivity index (χ1n) is 5.82. The van der Waals surface area contributed by atoms with Gasteiger partial charge in [0.15, 0.2) is 0 Å². The van der Waals surface area contributed by atoms with Gasteiger partial charge in [-0.15, -0.1) is 11.6 Å². The van der Waals surface area contributed by atoms with E-state index < -0.39 is 0 Å². The fraction of sp³-hybridized carbons (Fsp3) is 0.615. The molecule has 0 aliphatic heterocycles. The average molecular weight is 241 g/mol. The van der Waals surface area contributed by atoms with Gasteiger partial charge in [0, 0.05) is 24.3 Å². The molecule has 1 aromatic heterocycles. The fourth-order valence-corrected chi connectivity index (χ4v) is 1.94. The lowest BCUT2D eigenvalue weighted by molar-refractivity contribution is 0.565. The van der Waals surface area contributed by atoms with Gasteiger partial charge in [0.25, 0.3) is 0 Å². The maximum Gasteiger partial charge on any atom is 0.133 e. The van der Waals surface area contributed by atoms with Gasteiger partial charge in [-0.1, -0.05) is 19.9 Å². The van der Waals surface area contributed by atoms with Crippen molar-refractivity contribution in [1.29, 1.82) is 0 Å². The summed E-state index contributed by atoms with van der Waals surface area (Å²) in [5, 5.41) is 0. The monoisotopic (exact) mass is 240 g/mol. The van der Waals surface area contributed by atoms with E-state index in [0.717, 1.165) is 17.9 Å². The Morgan fingerprint density at radius 3 is 2.50 bits per heavy atom. The van der Waals surface area contributed by atoms with Crippen molar-refractivity contribution in [1.82, 2.24) is 4.98 Å². The normalized spacial score (nSPS) is 11.2. The molecule has 0 saturated heterocycles. The van der Waals surface area contributed by atoms with Crippen molar-refractivity contribution in [2.45, 2.75) is 39.6 Å². The molecule has 0 bridgehead atoms. The summed E-state index contributed by atoms with van der Waals surface area (Å²) in [4.78, 5) is 6.79. The Morgan fingerprint density at radius 1 is 1.31 bits per heavy atom. The second-order valence-corrected chi connectivity index (χ2v) is 5.03. The molecule has 0 atom stereocenters. The van der Waals surface area contributed by atoms with Crippen LogP contribution < -0.4 is 4.90 Å². The number of pyridine rings is 1. The first-order valence-corrected chi connectivity index (χ1v) is 6.36. The van der Waals surface area contributed by atoms with Crippen molar-refractivity contribution in [2.75, 3.05) is 11.4 Å². The summed E-state index contributed by atoms with van der Waals surface area (Å²) in [7, 11) is 0. The lowest BCUT2D eigenvalue weighted by Crippen LogP contribution is -2.35. The number of nitrogens with zero attached hydrogens (tertiary/aromatic N) is 2. The van der Waals surface area contributed by atoms with E-state index in [4.69, 9.17) is 11.6 Å². The van der Waals surface area contributed by atoms with E-state index in [1.54, 1.807) is 0 Å². The summed E-state index contributed by atoms with van der Waals surface area (Å²) in [5.74, 6) is 2.17. The number of hydrogen-bond donors (Lipinski definition) is 0. The zero-order chi connectivity index (χ0) is 12.1. The first kappa shape index (κ1) is 13.3. The number of aromatic nitrogens is 1. The number of alkyl halides is 1. The predicted molar refractivity (Wildman–Crippen MR) is 71.1 cm³/mol. The van der Waals surface area contributed by atoms with Gasteiger partial charge in [0.05, 0.1) is 5.88 Å². The third-order valence-electron chi connectivity index (χ3n) is 2.47. The highest BCUT2D eigenvalue weighted by molar-refractivity contribution is 6.17. The Labute approximate surface area is 104 Å². The topological polar surface area (TPSA) is 16.1 Å². The molecule has 0 unspecified atom stereocenters. The van der Waals surface area contributed by atoms with Gasteiger partial charge in [-0.25, -0.2) is 4.98 Å². The van der Waals surface area contributed by atoms with Crippen molar-refractivity contribution in [3.05, 3.63) is 23.9 Å². The van der Waals surface area contributed by atoms with Crippen LogP contribution in [0.1, 0.15) is 33.3 Å². The van der Waals surface area contributed by atoms with Gasteiger partial charge >= 0.3 is 0 Å². The van der Waals surface area contributed by atoms with Crippen LogP contribution >= 0.6 is 11.6 Å². The SMILES string of the molecule is CC(C)CN(c1ncccc1CCl)C(C)C. The maximum absolute atomic E-state index is 5.95. The molecule has 2 nitrogen and oxygen atoms in total. The second-order valence-electron chi connectivity index (χ2n) is 4.76. The minimum Gasteiger partial charge on any atom is -0.354 e. The standard InChI is InChI=1S/C13H21ClN2/c1-10(2)9-16(11(3)4)13-12(8-14)6-5-7-15-13/h5-7,10-11H,8-9H2,1-4H3. The number of anilines is 1. The Bertz CT molecular complexity index is 323. The maximum atomic E-state index is 5.95. The Balaban J connectivity index is 3.00. The molecule has 16 heavy (non-hydrogen) atoms. The number of halogens is 1. The van der Waals surface area contributed by atoms with Crippen LogP contribution in [0.2, 0.25) is 0 Å². The minimum atomic E-state index is 0.444. The quantitative estimate of drug-likeness (QED) is 0.730. The lowest BCUT2D eigenvalue weighted by atomic mass is 10.1. The van der Waals surface area contributed by atoms with Gasteiger partial charge in [0.1, 0.15) is 5.82 Å². The van der Waals surface area contributed by atoms with E-state index in [0.29, 0.717) is 17.8 Å². The number of rotatable bonds is 5. The van der Waals surface area contributed by atoms with E-state index in [1.807, 2.05) is 18.3 Å². The molecule has 0 spiro atoms. The molecule has 0 saturated carbocycles. The molecular formula is C13H21ClN2. The van der Waals surface area contributed by atoms with E-state index >= 15 is 0 Å². The Kier molecular flexibility index (Phi) is 5.07. The molecule has 1 rings (SSSR count). The summed E-state index contributed by atoms with van der Waals surface area (Å²) in [6.07, 6.45) is 1.83. The Hall–Kier alpha value is -0.760. The van der Waals surface area contributed by atoms with Crippen LogP contribution in [0.4, 0.5) is 5.82 Å². The van der Waals surface area contributed by atoms with E-state index in [1.165, 1.54) is 0 Å². The van der Waals surface area contributed by atoms with Gasteiger partial charge in [0.2, 0.25) is 0 Å². The summed E-state index contributed by atoms with van der Waals surface area (Å²) in [5.41, 5.74) is 1.11. The molecule has 0 aliphatic carbocycles. The number of hydrogen-bond acceptors (Lipinski definition) is 2. The summed E-state index contributed by atoms with van der Waals surface area (Å²) >= 11 is 5.95. The smallest absolute Gasteiger partial charge is 0.133 e. The van der Waals surface area contributed by atoms with E-state index in [2.05, 4.69) is 37.6 Å². The molecule has 0 aliphatic rings. The zero-order valence-electron chi connectivity index (χ0n) is 10.6. The van der Waals surface area contributed by atoms with Gasteiger partial charge < -0.3 is 4.90 Å². The summed E-state index contributed by atoms with van der Waals surface area (Å²) in [6.45, 7) is 9.83. The van der Waals surface area contributed by atoms with Crippen molar-refractivity contribution in [3.8, 4) is 0 Å². The highest BCUT2D eigenvalue weighted by Gasteiger charge is 2.16. The fourth-order valence-electron chi connectivity index (χ4n) is 1.73. The third-order valence-corrected chi connectivity index (χ3v) is 2.76. The lowest BCUT2D eigenvalue weighted by Gasteiger charge is -2.31. The predicted octanol–water partition coefficient (Wildman–Crippen LogP) is 3.69. The molecule has 3 heteroatoms. The molecule has 0 amide bonds. The van der Waals surface area contributed by atoms with E-state index in [9.17, 15) is 0 Å². The summed E-state index contributed by atoms with van der Waals surface area (Å²) in [6, 6.07) is 4.43. The van der Waals surface area contributed by atoms with Crippen molar-refractivity contribution < 1.29 is 0 Å². The van der Waals surface area contributed by atoms with Crippen molar-refractivity contribution >= 4 is 17.4 Å². The molecule has 0 aromatic carbocycles. The largest absolute Gasteiger partial charge is 0.354 e. The zero-order valence-corrected chi connectivity index (χ0v) is 11.3. The van der Waals surface area contributed by atoms with Gasteiger partial charge in [-0.05, 0) is 25.8 Å². The molecule has 0 radical (unpaired) electrons. The van der Waals surface area contributed by atoms with Crippen LogP contribution in [0, 0.1) is 5.92 Å². The van der Waals surface area contributed by atoms with Gasteiger partial charge in [-0.3, -0.25) is 0 Å². The van der Waals surface area contributed by atoms with Crippen LogP contribution in [-0.4, -0.2) is 17.6 Å². The molecule has 0 fully saturated rings. The van der Waals surface area contributed by atoms with Crippen LogP contribution in [0.25, 0.3) is 0 Å². The molecule has 1 heterocycles. The molecule has 90 valence electrons. The molecular weight excluding hydrogens is 220 g/mol. The van der Waals surface area contributed by atoms with Crippen molar-refractivity contribution in [2.24, 2.45) is 5.92 Å². The average Bonchev–Trinajstić information content (AvgIpc) is 2.25. The minimum absolute atomic E-state index is 0.444. The van der Waals surface area contributed by atoms with E-state index in [-0.39, 0.29) is 0 Å². The highest BCUT2D eigenvalue weighted by Crippen LogP contribution is 2.22. The van der Waals surface area contributed by atoms with Crippen LogP contribution in [0.5, 0.6) is 0 Å². The molecule has 1 aromatic rings. The summed E-state index contributed by atoms with van der Waals surface area (Å²) < 4.78 is 0. The highest BCUT2D eigenvalue weighted by atomic mass is 35.5. The van der Waals surface area contributed by atoms with Crippen LogP contribution in [-0.2, 0) is 5.88 Å².